The lowest BCUT2D eigenvalue weighted by atomic mass is 9.86. The molecule has 66 valence electrons. The molecule has 1 atom stereocenters. The molecule has 0 aromatic carbocycles. The van der Waals surface area contributed by atoms with Crippen LogP contribution in [0.2, 0.25) is 0 Å². The van der Waals surface area contributed by atoms with Crippen LogP contribution >= 0.6 is 17.9 Å². The number of hydrogen-bond donors (Lipinski definition) is 0. The molecule has 0 saturated heterocycles. The lowest BCUT2D eigenvalue weighted by Crippen LogP contribution is -2.12. The van der Waals surface area contributed by atoms with Gasteiger partial charge in [-0.1, -0.05) is 39.1 Å². The van der Waals surface area contributed by atoms with Crippen LogP contribution in [-0.2, 0) is 11.8 Å². The second-order valence-electron chi connectivity index (χ2n) is 4.24. The van der Waals surface area contributed by atoms with E-state index in [2.05, 4.69) is 27.7 Å². The molecular weight excluding hydrogens is 191 g/mol. The average Bonchev–Trinajstić information content (AvgIpc) is 1.79. The van der Waals surface area contributed by atoms with Crippen molar-refractivity contribution in [3.05, 3.63) is 0 Å². The second kappa shape index (κ2) is 5.50. The Hall–Kier alpha value is 0.870. The van der Waals surface area contributed by atoms with Crippen molar-refractivity contribution in [2.24, 2.45) is 11.3 Å². The fraction of sp³-hybridized carbons (Fsp3) is 1.00. The Morgan fingerprint density at radius 3 is 2.36 bits per heavy atom. The molecule has 3 heteroatoms. The van der Waals surface area contributed by atoms with Crippen molar-refractivity contribution in [2.75, 3.05) is 5.75 Å². The van der Waals surface area contributed by atoms with Crippen molar-refractivity contribution < 1.29 is 0 Å². The van der Waals surface area contributed by atoms with Crippen LogP contribution in [0.3, 0.4) is 0 Å². The first-order chi connectivity index (χ1) is 4.95. The molecule has 0 aliphatic heterocycles. The first-order valence-corrected chi connectivity index (χ1v) is 7.40. The summed E-state index contributed by atoms with van der Waals surface area (Å²) in [5.41, 5.74) is 0.471. The predicted molar refractivity (Wildman–Crippen MR) is 60.0 cm³/mol. The van der Waals surface area contributed by atoms with Gasteiger partial charge in [-0.15, -0.1) is 0 Å². The van der Waals surface area contributed by atoms with E-state index in [4.69, 9.17) is 11.8 Å². The highest BCUT2D eigenvalue weighted by Crippen LogP contribution is 2.29. The minimum Gasteiger partial charge on any atom is -0.0904 e. The molecule has 0 heterocycles. The maximum absolute atomic E-state index is 4.85. The first kappa shape index (κ1) is 11.9. The van der Waals surface area contributed by atoms with Gasteiger partial charge in [-0.05, 0) is 29.6 Å². The van der Waals surface area contributed by atoms with E-state index in [9.17, 15) is 0 Å². The topological polar surface area (TPSA) is 0 Å². The lowest BCUT2D eigenvalue weighted by molar-refractivity contribution is 0.323. The molecule has 0 aromatic heterocycles. The van der Waals surface area contributed by atoms with Gasteiger partial charge < -0.3 is 0 Å². The highest BCUT2D eigenvalue weighted by molar-refractivity contribution is 8.57. The van der Waals surface area contributed by atoms with Crippen LogP contribution in [0.1, 0.15) is 34.1 Å². The van der Waals surface area contributed by atoms with E-state index < -0.39 is 0 Å². The van der Waals surface area contributed by atoms with E-state index in [1.54, 1.807) is 0 Å². The molecule has 0 spiro atoms. The zero-order valence-corrected chi connectivity index (χ0v) is 10.3. The molecule has 0 amide bonds. The predicted octanol–water partition coefficient (Wildman–Crippen LogP) is 4.12. The smallest absolute Gasteiger partial charge is 0.0430 e. The minimum atomic E-state index is 0.471. The summed E-state index contributed by atoms with van der Waals surface area (Å²) in [5, 5.41) is 0. The normalized spacial score (nSPS) is 15.3. The van der Waals surface area contributed by atoms with E-state index in [1.165, 1.54) is 12.2 Å². The molecule has 0 aromatic rings. The zero-order chi connectivity index (χ0) is 8.91. The van der Waals surface area contributed by atoms with Crippen molar-refractivity contribution in [2.45, 2.75) is 34.1 Å². The standard InChI is InChI=1S/C8H17PS2/c1-7(6-11-9-10)5-8(2,3)4/h7H,5-6H2,1-4H3. The molecule has 0 bridgehead atoms. The molecule has 0 radical (unpaired) electrons. The van der Waals surface area contributed by atoms with E-state index in [1.807, 2.05) is 11.4 Å². The van der Waals surface area contributed by atoms with Crippen LogP contribution in [0.25, 0.3) is 0 Å². The highest BCUT2D eigenvalue weighted by Gasteiger charge is 2.14. The first-order valence-electron chi connectivity index (χ1n) is 3.90. The van der Waals surface area contributed by atoms with Gasteiger partial charge >= 0.3 is 0 Å². The molecule has 11 heavy (non-hydrogen) atoms. The van der Waals surface area contributed by atoms with Crippen LogP contribution in [0.4, 0.5) is 0 Å². The third kappa shape index (κ3) is 8.78. The van der Waals surface area contributed by atoms with Gasteiger partial charge in [-0.2, -0.15) is 0 Å². The Balaban J connectivity index is 3.51. The number of rotatable bonds is 4. The van der Waals surface area contributed by atoms with Crippen molar-refractivity contribution in [1.29, 1.82) is 0 Å². The van der Waals surface area contributed by atoms with Crippen LogP contribution in [0.15, 0.2) is 0 Å². The van der Waals surface area contributed by atoms with Gasteiger partial charge in [0.2, 0.25) is 0 Å². The van der Waals surface area contributed by atoms with Crippen molar-refractivity contribution in [3.63, 3.8) is 0 Å². The maximum atomic E-state index is 4.85. The Kier molecular flexibility index (Phi) is 5.94. The summed E-state index contributed by atoms with van der Waals surface area (Å²) in [6.07, 6.45) is 1.30. The summed E-state index contributed by atoms with van der Waals surface area (Å²) < 4.78 is 0. The average molecular weight is 208 g/mol. The Labute approximate surface area is 81.1 Å². The maximum Gasteiger partial charge on any atom is 0.0430 e. The van der Waals surface area contributed by atoms with Crippen LogP contribution in [-0.4, -0.2) is 5.75 Å². The fourth-order valence-corrected chi connectivity index (χ4v) is 3.19. The van der Waals surface area contributed by atoms with Gasteiger partial charge in [-0.3, -0.25) is 0 Å². The Morgan fingerprint density at radius 1 is 1.45 bits per heavy atom. The van der Waals surface area contributed by atoms with Crippen LogP contribution < -0.4 is 0 Å². The summed E-state index contributed by atoms with van der Waals surface area (Å²) in [7, 11) is 0. The van der Waals surface area contributed by atoms with E-state index >= 15 is 0 Å². The molecule has 0 aliphatic carbocycles. The van der Waals surface area contributed by atoms with Gasteiger partial charge in [0.1, 0.15) is 0 Å². The van der Waals surface area contributed by atoms with Crippen molar-refractivity contribution >= 4 is 29.7 Å². The molecule has 0 rings (SSSR count). The molecule has 1 unspecified atom stereocenters. The third-order valence-electron chi connectivity index (χ3n) is 1.37. The zero-order valence-electron chi connectivity index (χ0n) is 7.76. The van der Waals surface area contributed by atoms with Crippen molar-refractivity contribution in [1.82, 2.24) is 0 Å². The summed E-state index contributed by atoms with van der Waals surface area (Å²) >= 11 is 6.69. The molecular formula is C8H17PS2. The van der Waals surface area contributed by atoms with Crippen LogP contribution in [0.5, 0.6) is 0 Å². The Bertz CT molecular complexity index is 118. The summed E-state index contributed by atoms with van der Waals surface area (Å²) in [4.78, 5) is 0. The summed E-state index contributed by atoms with van der Waals surface area (Å²) in [5.74, 6) is 2.01. The third-order valence-corrected chi connectivity index (χ3v) is 3.91. The van der Waals surface area contributed by atoms with Gasteiger partial charge in [0, 0.05) is 12.3 Å². The number of hydrogen-bond acceptors (Lipinski definition) is 2. The molecule has 0 fully saturated rings. The summed E-state index contributed by atoms with van der Waals surface area (Å²) in [6, 6.07) is 0. The van der Waals surface area contributed by atoms with E-state index in [0.29, 0.717) is 5.41 Å². The van der Waals surface area contributed by atoms with Gasteiger partial charge in [-0.25, -0.2) is 0 Å². The SMILES string of the molecule is CC(CSP=S)CC(C)(C)C. The summed E-state index contributed by atoms with van der Waals surface area (Å²) in [6.45, 7) is 10.2. The monoisotopic (exact) mass is 208 g/mol. The largest absolute Gasteiger partial charge is 0.0904 e. The van der Waals surface area contributed by atoms with Gasteiger partial charge in [0.15, 0.2) is 0 Å². The lowest BCUT2D eigenvalue weighted by Gasteiger charge is -2.22. The van der Waals surface area contributed by atoms with Crippen LogP contribution in [0, 0.1) is 11.3 Å². The Morgan fingerprint density at radius 2 is 2.00 bits per heavy atom. The van der Waals surface area contributed by atoms with E-state index in [-0.39, 0.29) is 0 Å². The minimum absolute atomic E-state index is 0.471. The highest BCUT2D eigenvalue weighted by atomic mass is 32.9. The second-order valence-corrected chi connectivity index (χ2v) is 7.54. The molecule has 0 aliphatic rings. The van der Waals surface area contributed by atoms with Gasteiger partial charge in [0.05, 0.1) is 0 Å². The molecule has 0 nitrogen and oxygen atoms in total. The fourth-order valence-electron chi connectivity index (χ4n) is 1.26. The van der Waals surface area contributed by atoms with Gasteiger partial charge in [0.25, 0.3) is 0 Å². The van der Waals surface area contributed by atoms with Crippen molar-refractivity contribution in [3.8, 4) is 0 Å². The van der Waals surface area contributed by atoms with E-state index in [0.717, 1.165) is 12.5 Å². The molecule has 0 N–H and O–H groups in total. The molecule has 0 saturated carbocycles. The quantitative estimate of drug-likeness (QED) is 0.637.